The Morgan fingerprint density at radius 2 is 2.14 bits per heavy atom. The van der Waals surface area contributed by atoms with Crippen molar-refractivity contribution in [2.75, 3.05) is 7.11 Å². The highest BCUT2D eigenvalue weighted by molar-refractivity contribution is 6.17. The number of nitrogens with zero attached hydrogens (tertiary/aromatic N) is 3. The molecule has 0 unspecified atom stereocenters. The molecule has 3 rings (SSSR count). The van der Waals surface area contributed by atoms with Gasteiger partial charge in [-0.25, -0.2) is 14.4 Å². The van der Waals surface area contributed by atoms with E-state index in [1.54, 1.807) is 22.9 Å². The van der Waals surface area contributed by atoms with Crippen molar-refractivity contribution in [1.82, 2.24) is 14.5 Å². The number of aryl methyl sites for hydroxylation is 1. The smallest absolute Gasteiger partial charge is 0.165 e. The van der Waals surface area contributed by atoms with Gasteiger partial charge in [0.15, 0.2) is 5.65 Å². The molecule has 0 aliphatic heterocycles. The minimum absolute atomic E-state index is 0.159. The largest absolute Gasteiger partial charge is 0.497 e. The number of ether oxygens (including phenoxy) is 1. The molecule has 0 saturated carbocycles. The fourth-order valence-corrected chi connectivity index (χ4v) is 2.45. The number of benzene rings is 1. The molecule has 0 fully saturated rings. The van der Waals surface area contributed by atoms with Gasteiger partial charge in [0.1, 0.15) is 22.9 Å². The number of hydrogen-bond acceptors (Lipinski definition) is 3. The van der Waals surface area contributed by atoms with E-state index in [1.807, 2.05) is 13.0 Å². The number of imidazole rings is 1. The summed E-state index contributed by atoms with van der Waals surface area (Å²) in [6.07, 6.45) is 1.67. The third kappa shape index (κ3) is 2.23. The Hall–Kier alpha value is -2.14. The van der Waals surface area contributed by atoms with Gasteiger partial charge in [0.2, 0.25) is 0 Å². The minimum Gasteiger partial charge on any atom is -0.497 e. The van der Waals surface area contributed by atoms with Crippen LogP contribution in [0.25, 0.3) is 16.9 Å². The van der Waals surface area contributed by atoms with E-state index in [0.29, 0.717) is 22.9 Å². The predicted octanol–water partition coefficient (Wildman–Crippen LogP) is 3.62. The van der Waals surface area contributed by atoms with Crippen LogP contribution in [0.5, 0.6) is 5.75 Å². The number of fused-ring (bicyclic) bond motifs is 1. The molecule has 2 aromatic heterocycles. The van der Waals surface area contributed by atoms with Crippen molar-refractivity contribution in [3.05, 3.63) is 47.7 Å². The summed E-state index contributed by atoms with van der Waals surface area (Å²) in [6.45, 7) is 1.93. The summed E-state index contributed by atoms with van der Waals surface area (Å²) in [7, 11) is 1.54. The van der Waals surface area contributed by atoms with E-state index in [0.717, 1.165) is 11.1 Å². The molecule has 4 nitrogen and oxygen atoms in total. The third-order valence-corrected chi connectivity index (χ3v) is 3.57. The highest BCUT2D eigenvalue weighted by Crippen LogP contribution is 2.27. The number of methoxy groups -OCH3 is 1. The average Bonchev–Trinajstić information content (AvgIpc) is 2.88. The van der Waals surface area contributed by atoms with Crippen molar-refractivity contribution >= 4 is 22.8 Å². The van der Waals surface area contributed by atoms with Gasteiger partial charge in [-0.1, -0.05) is 0 Å². The Balaban J connectivity index is 2.36. The maximum Gasteiger partial charge on any atom is 0.165 e. The van der Waals surface area contributed by atoms with E-state index in [1.165, 1.54) is 13.2 Å². The molecule has 6 heteroatoms. The average molecular weight is 306 g/mol. The first-order valence-corrected chi connectivity index (χ1v) is 6.92. The van der Waals surface area contributed by atoms with Crippen LogP contribution in [0.3, 0.4) is 0 Å². The van der Waals surface area contributed by atoms with Crippen LogP contribution in [-0.2, 0) is 5.88 Å². The van der Waals surface area contributed by atoms with Crippen molar-refractivity contribution in [3.63, 3.8) is 0 Å². The van der Waals surface area contributed by atoms with Gasteiger partial charge in [0, 0.05) is 12.3 Å². The monoisotopic (exact) mass is 305 g/mol. The van der Waals surface area contributed by atoms with E-state index < -0.39 is 0 Å². The predicted molar refractivity (Wildman–Crippen MR) is 79.7 cm³/mol. The first-order chi connectivity index (χ1) is 10.2. The van der Waals surface area contributed by atoms with Gasteiger partial charge in [-0.3, -0.25) is 4.57 Å². The van der Waals surface area contributed by atoms with Gasteiger partial charge < -0.3 is 4.74 Å². The quantitative estimate of drug-likeness (QED) is 0.694. The Labute approximate surface area is 126 Å². The molecule has 0 radical (unpaired) electrons. The Bertz CT molecular complexity index is 816. The molecule has 0 amide bonds. The van der Waals surface area contributed by atoms with Gasteiger partial charge >= 0.3 is 0 Å². The van der Waals surface area contributed by atoms with Crippen LogP contribution in [-0.4, -0.2) is 21.6 Å². The van der Waals surface area contributed by atoms with Gasteiger partial charge in [-0.2, -0.15) is 0 Å². The molecule has 0 bridgehead atoms. The van der Waals surface area contributed by atoms with Crippen LogP contribution in [0.1, 0.15) is 11.4 Å². The lowest BCUT2D eigenvalue weighted by atomic mass is 10.2. The second kappa shape index (κ2) is 5.33. The van der Waals surface area contributed by atoms with Crippen LogP contribution in [0, 0.1) is 12.7 Å². The van der Waals surface area contributed by atoms with E-state index >= 15 is 0 Å². The zero-order valence-corrected chi connectivity index (χ0v) is 12.4. The number of aromatic nitrogens is 3. The topological polar surface area (TPSA) is 39.9 Å². The summed E-state index contributed by atoms with van der Waals surface area (Å²) in [6, 6.07) is 6.39. The SMILES string of the molecule is COc1ccc(F)c(-n2c(CCl)nc3c(C)ccnc32)c1. The zero-order chi connectivity index (χ0) is 15.0. The molecular formula is C15H13ClFN3O. The van der Waals surface area contributed by atoms with Crippen LogP contribution >= 0.6 is 11.6 Å². The molecule has 3 aromatic rings. The first kappa shape index (κ1) is 13.8. The molecule has 0 saturated heterocycles. The molecule has 0 spiro atoms. The second-order valence-electron chi connectivity index (χ2n) is 4.61. The minimum atomic E-state index is -0.384. The molecular weight excluding hydrogens is 293 g/mol. The summed E-state index contributed by atoms with van der Waals surface area (Å²) in [5, 5.41) is 0. The fourth-order valence-electron chi connectivity index (χ4n) is 2.27. The molecule has 2 heterocycles. The highest BCUT2D eigenvalue weighted by atomic mass is 35.5. The molecule has 0 atom stereocenters. The lowest BCUT2D eigenvalue weighted by Crippen LogP contribution is -2.03. The number of alkyl halides is 1. The van der Waals surface area contributed by atoms with Gasteiger partial charge in [-0.05, 0) is 30.7 Å². The molecule has 0 N–H and O–H groups in total. The Morgan fingerprint density at radius 1 is 1.33 bits per heavy atom. The van der Waals surface area contributed by atoms with Crippen LogP contribution < -0.4 is 4.74 Å². The summed E-state index contributed by atoms with van der Waals surface area (Å²) in [5.41, 5.74) is 2.59. The van der Waals surface area contributed by atoms with Crippen molar-refractivity contribution in [3.8, 4) is 11.4 Å². The van der Waals surface area contributed by atoms with E-state index in [2.05, 4.69) is 9.97 Å². The molecule has 0 aliphatic rings. The standard InChI is InChI=1S/C15H13ClFN3O/c1-9-5-6-18-15-14(9)19-13(8-16)20(15)12-7-10(21-2)3-4-11(12)17/h3-7H,8H2,1-2H3. The lowest BCUT2D eigenvalue weighted by Gasteiger charge is -2.10. The van der Waals surface area contributed by atoms with Gasteiger partial charge in [0.05, 0.1) is 18.7 Å². The van der Waals surface area contributed by atoms with E-state index in [9.17, 15) is 4.39 Å². The lowest BCUT2D eigenvalue weighted by molar-refractivity contribution is 0.413. The summed E-state index contributed by atoms with van der Waals surface area (Å²) < 4.78 is 21.0. The number of pyridine rings is 1. The van der Waals surface area contributed by atoms with Gasteiger partial charge in [-0.15, -0.1) is 11.6 Å². The summed E-state index contributed by atoms with van der Waals surface area (Å²) in [5.74, 6) is 0.874. The second-order valence-corrected chi connectivity index (χ2v) is 4.88. The normalized spacial score (nSPS) is 11.0. The van der Waals surface area contributed by atoms with Crippen molar-refractivity contribution < 1.29 is 9.13 Å². The molecule has 0 aliphatic carbocycles. The van der Waals surface area contributed by atoms with E-state index in [-0.39, 0.29) is 11.7 Å². The first-order valence-electron chi connectivity index (χ1n) is 6.38. The highest BCUT2D eigenvalue weighted by Gasteiger charge is 2.17. The maximum atomic E-state index is 14.2. The Kier molecular flexibility index (Phi) is 3.51. The van der Waals surface area contributed by atoms with Crippen molar-refractivity contribution in [2.45, 2.75) is 12.8 Å². The number of rotatable bonds is 3. The summed E-state index contributed by atoms with van der Waals surface area (Å²) in [4.78, 5) is 8.78. The van der Waals surface area contributed by atoms with Crippen molar-refractivity contribution in [2.24, 2.45) is 0 Å². The fraction of sp³-hybridized carbons (Fsp3) is 0.200. The maximum absolute atomic E-state index is 14.2. The van der Waals surface area contributed by atoms with Crippen LogP contribution in [0.4, 0.5) is 4.39 Å². The van der Waals surface area contributed by atoms with Crippen LogP contribution in [0.15, 0.2) is 30.5 Å². The number of halogens is 2. The molecule has 21 heavy (non-hydrogen) atoms. The molecule has 108 valence electrons. The summed E-state index contributed by atoms with van der Waals surface area (Å²) >= 11 is 5.97. The van der Waals surface area contributed by atoms with E-state index in [4.69, 9.17) is 16.3 Å². The third-order valence-electron chi connectivity index (χ3n) is 3.33. The van der Waals surface area contributed by atoms with Gasteiger partial charge in [0.25, 0.3) is 0 Å². The van der Waals surface area contributed by atoms with Crippen LogP contribution in [0.2, 0.25) is 0 Å². The van der Waals surface area contributed by atoms with Crippen molar-refractivity contribution in [1.29, 1.82) is 0 Å². The molecule has 1 aromatic carbocycles. The zero-order valence-electron chi connectivity index (χ0n) is 11.6. The Morgan fingerprint density at radius 3 is 2.86 bits per heavy atom. The number of hydrogen-bond donors (Lipinski definition) is 0.